The topological polar surface area (TPSA) is 46.3 Å². The van der Waals surface area contributed by atoms with Crippen LogP contribution in [0.25, 0.3) is 0 Å². The van der Waals surface area contributed by atoms with E-state index in [0.717, 1.165) is 24.9 Å². The number of carbonyl (C=O) groups excluding carboxylic acids is 1. The molecular weight excluding hydrogens is 283 g/mol. The minimum atomic E-state index is 0.166. The van der Waals surface area contributed by atoms with Gasteiger partial charge in [-0.15, -0.1) is 0 Å². The van der Waals surface area contributed by atoms with E-state index < -0.39 is 0 Å². The second-order valence-electron chi connectivity index (χ2n) is 4.85. The summed E-state index contributed by atoms with van der Waals surface area (Å²) in [4.78, 5) is 14.1. The monoisotopic (exact) mass is 300 g/mol. The van der Waals surface area contributed by atoms with Crippen molar-refractivity contribution in [1.82, 2.24) is 4.90 Å². The van der Waals surface area contributed by atoms with Crippen molar-refractivity contribution < 1.29 is 4.79 Å². The maximum Gasteiger partial charge on any atom is 0.223 e. The third-order valence-electron chi connectivity index (χ3n) is 3.59. The summed E-state index contributed by atoms with van der Waals surface area (Å²) in [5, 5.41) is 1.24. The highest BCUT2D eigenvalue weighted by atomic mass is 35.5. The van der Waals surface area contributed by atoms with Crippen molar-refractivity contribution >= 4 is 29.1 Å². The van der Waals surface area contributed by atoms with Crippen molar-refractivity contribution in [3.8, 4) is 0 Å². The number of halogens is 2. The van der Waals surface area contributed by atoms with Gasteiger partial charge in [0, 0.05) is 35.6 Å². The standard InChI is InChI=1S/C14H18Cl2N2O/c15-11-5-3-10(13(16)8-11)4-6-14(19)18-7-1-2-12(18)9-17/h3,5,8,12H,1-2,4,6-7,9,17H2/t12-/m0/s1. The lowest BCUT2D eigenvalue weighted by molar-refractivity contribution is -0.131. The number of aryl methyl sites for hydroxylation is 1. The zero-order valence-corrected chi connectivity index (χ0v) is 12.3. The van der Waals surface area contributed by atoms with E-state index in [0.29, 0.717) is 29.4 Å². The van der Waals surface area contributed by atoms with Gasteiger partial charge in [-0.25, -0.2) is 0 Å². The molecule has 2 N–H and O–H groups in total. The highest BCUT2D eigenvalue weighted by Crippen LogP contribution is 2.23. The normalized spacial score (nSPS) is 18.9. The maximum atomic E-state index is 12.2. The summed E-state index contributed by atoms with van der Waals surface area (Å²) in [6.07, 6.45) is 3.18. The van der Waals surface area contributed by atoms with Crippen LogP contribution >= 0.6 is 23.2 Å². The second-order valence-corrected chi connectivity index (χ2v) is 5.70. The summed E-state index contributed by atoms with van der Waals surface area (Å²) in [5.74, 6) is 0.166. The molecule has 1 aromatic carbocycles. The molecule has 0 aromatic heterocycles. The van der Waals surface area contributed by atoms with E-state index in [-0.39, 0.29) is 11.9 Å². The molecular formula is C14H18Cl2N2O. The third-order valence-corrected chi connectivity index (χ3v) is 4.18. The minimum absolute atomic E-state index is 0.166. The number of hydrogen-bond donors (Lipinski definition) is 1. The van der Waals surface area contributed by atoms with Gasteiger partial charge in [-0.2, -0.15) is 0 Å². The highest BCUT2D eigenvalue weighted by molar-refractivity contribution is 6.35. The molecule has 1 aliphatic rings. The largest absolute Gasteiger partial charge is 0.338 e. The molecule has 0 unspecified atom stereocenters. The molecule has 2 rings (SSSR count). The summed E-state index contributed by atoms with van der Waals surface area (Å²) >= 11 is 11.9. The van der Waals surface area contributed by atoms with Crippen molar-refractivity contribution in [3.05, 3.63) is 33.8 Å². The molecule has 0 bridgehead atoms. The van der Waals surface area contributed by atoms with Gasteiger partial charge in [-0.05, 0) is 37.0 Å². The van der Waals surface area contributed by atoms with Crippen molar-refractivity contribution in [1.29, 1.82) is 0 Å². The van der Waals surface area contributed by atoms with Crippen molar-refractivity contribution in [3.63, 3.8) is 0 Å². The predicted octanol–water partition coefficient (Wildman–Crippen LogP) is 2.88. The van der Waals surface area contributed by atoms with E-state index in [4.69, 9.17) is 28.9 Å². The number of carbonyl (C=O) groups is 1. The quantitative estimate of drug-likeness (QED) is 0.929. The molecule has 1 fully saturated rings. The Morgan fingerprint density at radius 1 is 1.42 bits per heavy atom. The summed E-state index contributed by atoms with van der Waals surface area (Å²) in [6, 6.07) is 5.60. The molecule has 104 valence electrons. The molecule has 1 amide bonds. The lowest BCUT2D eigenvalue weighted by Crippen LogP contribution is -2.40. The van der Waals surface area contributed by atoms with Crippen LogP contribution in [0.15, 0.2) is 18.2 Å². The zero-order chi connectivity index (χ0) is 13.8. The molecule has 1 aromatic rings. The van der Waals surface area contributed by atoms with Crippen molar-refractivity contribution in [2.75, 3.05) is 13.1 Å². The van der Waals surface area contributed by atoms with E-state index in [1.165, 1.54) is 0 Å². The fourth-order valence-corrected chi connectivity index (χ4v) is 3.02. The third kappa shape index (κ3) is 3.62. The van der Waals surface area contributed by atoms with E-state index in [2.05, 4.69) is 0 Å². The number of amides is 1. The minimum Gasteiger partial charge on any atom is -0.338 e. The Kier molecular flexibility index (Phi) is 5.08. The Bertz CT molecular complexity index is 465. The smallest absolute Gasteiger partial charge is 0.223 e. The average molecular weight is 301 g/mol. The summed E-state index contributed by atoms with van der Waals surface area (Å²) in [7, 11) is 0. The van der Waals surface area contributed by atoms with Crippen LogP contribution in [0.4, 0.5) is 0 Å². The van der Waals surface area contributed by atoms with Crippen LogP contribution < -0.4 is 5.73 Å². The molecule has 0 spiro atoms. The van der Waals surface area contributed by atoms with E-state index >= 15 is 0 Å². The van der Waals surface area contributed by atoms with Gasteiger partial charge in [0.15, 0.2) is 0 Å². The first-order valence-electron chi connectivity index (χ1n) is 6.55. The molecule has 1 heterocycles. The Morgan fingerprint density at radius 3 is 2.89 bits per heavy atom. The number of rotatable bonds is 4. The number of nitrogens with two attached hydrogens (primary N) is 1. The zero-order valence-electron chi connectivity index (χ0n) is 10.7. The van der Waals surface area contributed by atoms with Crippen molar-refractivity contribution in [2.45, 2.75) is 31.7 Å². The summed E-state index contributed by atoms with van der Waals surface area (Å²) in [5.41, 5.74) is 6.64. The van der Waals surface area contributed by atoms with Crippen LogP contribution in [0.5, 0.6) is 0 Å². The van der Waals surface area contributed by atoms with Crippen LogP contribution in [0.2, 0.25) is 10.0 Å². The van der Waals surface area contributed by atoms with E-state index in [9.17, 15) is 4.79 Å². The maximum absolute atomic E-state index is 12.2. The van der Waals surface area contributed by atoms with Crippen LogP contribution in [-0.2, 0) is 11.2 Å². The first-order valence-corrected chi connectivity index (χ1v) is 7.31. The molecule has 5 heteroatoms. The summed E-state index contributed by atoms with van der Waals surface area (Å²) < 4.78 is 0. The number of likely N-dealkylation sites (tertiary alicyclic amines) is 1. The Labute approximate surface area is 123 Å². The van der Waals surface area contributed by atoms with Crippen LogP contribution in [0.1, 0.15) is 24.8 Å². The number of nitrogens with zero attached hydrogens (tertiary/aromatic N) is 1. The van der Waals surface area contributed by atoms with Gasteiger partial charge < -0.3 is 10.6 Å². The first-order chi connectivity index (χ1) is 9.11. The first kappa shape index (κ1) is 14.6. The highest BCUT2D eigenvalue weighted by Gasteiger charge is 2.26. The Morgan fingerprint density at radius 2 is 2.21 bits per heavy atom. The molecule has 3 nitrogen and oxygen atoms in total. The summed E-state index contributed by atoms with van der Waals surface area (Å²) in [6.45, 7) is 1.38. The molecule has 0 radical (unpaired) electrons. The SMILES string of the molecule is NC[C@@H]1CCCN1C(=O)CCc1ccc(Cl)cc1Cl. The van der Waals surface area contributed by atoms with E-state index in [1.807, 2.05) is 11.0 Å². The van der Waals surface area contributed by atoms with Crippen LogP contribution in [0, 0.1) is 0 Å². The molecule has 1 saturated heterocycles. The number of benzene rings is 1. The van der Waals surface area contributed by atoms with Crippen LogP contribution in [-0.4, -0.2) is 29.9 Å². The van der Waals surface area contributed by atoms with Gasteiger partial charge in [0.05, 0.1) is 0 Å². The second kappa shape index (κ2) is 6.60. The lowest BCUT2D eigenvalue weighted by Gasteiger charge is -2.23. The van der Waals surface area contributed by atoms with Gasteiger partial charge in [0.1, 0.15) is 0 Å². The van der Waals surface area contributed by atoms with Gasteiger partial charge in [0.25, 0.3) is 0 Å². The molecule has 1 atom stereocenters. The van der Waals surface area contributed by atoms with Gasteiger partial charge >= 0.3 is 0 Å². The predicted molar refractivity (Wildman–Crippen MR) is 78.6 cm³/mol. The molecule has 19 heavy (non-hydrogen) atoms. The average Bonchev–Trinajstić information content (AvgIpc) is 2.85. The van der Waals surface area contributed by atoms with Crippen molar-refractivity contribution in [2.24, 2.45) is 5.73 Å². The molecule has 0 aliphatic carbocycles. The molecule has 0 saturated carbocycles. The Hall–Kier alpha value is -0.770. The van der Waals surface area contributed by atoms with Gasteiger partial charge in [0.2, 0.25) is 5.91 Å². The van der Waals surface area contributed by atoms with E-state index in [1.54, 1.807) is 12.1 Å². The van der Waals surface area contributed by atoms with Gasteiger partial charge in [-0.3, -0.25) is 4.79 Å². The Balaban J connectivity index is 1.93. The van der Waals surface area contributed by atoms with Crippen LogP contribution in [0.3, 0.4) is 0 Å². The molecule has 1 aliphatic heterocycles. The fraction of sp³-hybridized carbons (Fsp3) is 0.500. The fourth-order valence-electron chi connectivity index (χ4n) is 2.52. The van der Waals surface area contributed by atoms with Gasteiger partial charge in [-0.1, -0.05) is 29.3 Å². The lowest BCUT2D eigenvalue weighted by atomic mass is 10.1. The number of hydrogen-bond acceptors (Lipinski definition) is 2.